The summed E-state index contributed by atoms with van der Waals surface area (Å²) in [5, 5.41) is 8.60. The number of hydrogen-bond acceptors (Lipinski definition) is 2. The first-order chi connectivity index (χ1) is 4.56. The Labute approximate surface area is 64.0 Å². The molecule has 0 fully saturated rings. The lowest BCUT2D eigenvalue weighted by atomic mass is 10.1. The number of hydrogen-bond donors (Lipinski definition) is 0. The van der Waals surface area contributed by atoms with Gasteiger partial charge in [-0.25, -0.2) is 0 Å². The van der Waals surface area contributed by atoms with E-state index in [1.54, 1.807) is 13.0 Å². The lowest BCUT2D eigenvalue weighted by Crippen LogP contribution is -2.26. The zero-order chi connectivity index (χ0) is 8.20. The number of nitrogens with zero attached hydrogens (tertiary/aromatic N) is 1. The highest BCUT2D eigenvalue weighted by molar-refractivity contribution is 7.86. The van der Waals surface area contributed by atoms with Gasteiger partial charge in [0.1, 0.15) is 4.75 Å². The smallest absolute Gasteiger partial charge is 0.132 e. The summed E-state index contributed by atoms with van der Waals surface area (Å²) in [6.45, 7) is 5.16. The van der Waals surface area contributed by atoms with E-state index in [1.165, 1.54) is 6.26 Å². The van der Waals surface area contributed by atoms with Gasteiger partial charge in [0.15, 0.2) is 0 Å². The van der Waals surface area contributed by atoms with Crippen LogP contribution in [-0.4, -0.2) is 15.2 Å². The zero-order valence-corrected chi connectivity index (χ0v) is 7.07. The van der Waals surface area contributed by atoms with E-state index in [2.05, 4.69) is 6.58 Å². The molecule has 0 bridgehead atoms. The lowest BCUT2D eigenvalue weighted by Gasteiger charge is -2.14. The Balaban J connectivity index is 4.42. The van der Waals surface area contributed by atoms with Crippen molar-refractivity contribution in [2.45, 2.75) is 18.1 Å². The predicted octanol–water partition coefficient (Wildman–Crippen LogP) is 1.22. The minimum absolute atomic E-state index is 0.479. The van der Waals surface area contributed by atoms with E-state index in [1.807, 2.05) is 6.07 Å². The zero-order valence-electron chi connectivity index (χ0n) is 6.26. The average molecular weight is 157 g/mol. The van der Waals surface area contributed by atoms with Crippen molar-refractivity contribution in [2.24, 2.45) is 0 Å². The molecule has 0 aliphatic rings. The maximum Gasteiger partial charge on any atom is 0.132 e. The van der Waals surface area contributed by atoms with Gasteiger partial charge < -0.3 is 0 Å². The first kappa shape index (κ1) is 9.38. The van der Waals surface area contributed by atoms with E-state index < -0.39 is 15.5 Å². The third-order valence-electron chi connectivity index (χ3n) is 1.40. The molecule has 2 atom stereocenters. The lowest BCUT2D eigenvalue weighted by molar-refractivity contribution is 0.660. The van der Waals surface area contributed by atoms with Gasteiger partial charge >= 0.3 is 0 Å². The van der Waals surface area contributed by atoms with Crippen molar-refractivity contribution in [1.82, 2.24) is 0 Å². The van der Waals surface area contributed by atoms with Crippen LogP contribution in [0.4, 0.5) is 0 Å². The van der Waals surface area contributed by atoms with Gasteiger partial charge in [0, 0.05) is 17.1 Å². The fourth-order valence-electron chi connectivity index (χ4n) is 0.503. The summed E-state index contributed by atoms with van der Waals surface area (Å²) in [5.41, 5.74) is 0. The second-order valence-electron chi connectivity index (χ2n) is 2.29. The van der Waals surface area contributed by atoms with Crippen molar-refractivity contribution in [1.29, 1.82) is 5.26 Å². The molecule has 0 heterocycles. The topological polar surface area (TPSA) is 40.9 Å². The van der Waals surface area contributed by atoms with Crippen molar-refractivity contribution in [3.05, 3.63) is 12.7 Å². The number of rotatable bonds is 3. The molecule has 0 spiro atoms. The van der Waals surface area contributed by atoms with Crippen molar-refractivity contribution in [3.63, 3.8) is 0 Å². The first-order valence-corrected chi connectivity index (χ1v) is 4.48. The highest BCUT2D eigenvalue weighted by Crippen LogP contribution is 2.15. The van der Waals surface area contributed by atoms with Crippen LogP contribution in [0.3, 0.4) is 0 Å². The quantitative estimate of drug-likeness (QED) is 0.578. The molecule has 0 aliphatic heterocycles. The molecule has 0 aliphatic carbocycles. The van der Waals surface area contributed by atoms with E-state index in [0.29, 0.717) is 6.42 Å². The monoisotopic (exact) mass is 157 g/mol. The molecule has 56 valence electrons. The second-order valence-corrected chi connectivity index (χ2v) is 4.10. The molecule has 0 aromatic carbocycles. The summed E-state index contributed by atoms with van der Waals surface area (Å²) >= 11 is 0. The standard InChI is InChI=1S/C7H11NOS/c1-4-5-7(2,6-8)10(3)9/h4H,1,5H2,2-3H3/t7-,10-/m0/s1. The molecule has 0 aromatic heterocycles. The predicted molar refractivity (Wildman–Crippen MR) is 42.9 cm³/mol. The van der Waals surface area contributed by atoms with Crippen LogP contribution in [0.5, 0.6) is 0 Å². The van der Waals surface area contributed by atoms with Crippen molar-refractivity contribution in [2.75, 3.05) is 6.26 Å². The Morgan fingerprint density at radius 1 is 1.90 bits per heavy atom. The first-order valence-electron chi connectivity index (χ1n) is 2.92. The van der Waals surface area contributed by atoms with E-state index in [4.69, 9.17) is 5.26 Å². The fraction of sp³-hybridized carbons (Fsp3) is 0.571. The van der Waals surface area contributed by atoms with Gasteiger partial charge in [-0.3, -0.25) is 4.21 Å². The maximum absolute atomic E-state index is 10.9. The van der Waals surface area contributed by atoms with Crippen molar-refractivity contribution >= 4 is 10.8 Å². The van der Waals surface area contributed by atoms with Gasteiger partial charge in [-0.2, -0.15) is 5.26 Å². The molecular weight excluding hydrogens is 146 g/mol. The van der Waals surface area contributed by atoms with Crippen LogP contribution in [0.2, 0.25) is 0 Å². The van der Waals surface area contributed by atoms with Gasteiger partial charge in [0.25, 0.3) is 0 Å². The Bertz CT molecular complexity index is 194. The molecular formula is C7H11NOS. The van der Waals surface area contributed by atoms with Crippen molar-refractivity contribution < 1.29 is 4.21 Å². The molecule has 0 amide bonds. The summed E-state index contributed by atoms with van der Waals surface area (Å²) in [4.78, 5) is 0. The molecule has 10 heavy (non-hydrogen) atoms. The van der Waals surface area contributed by atoms with Crippen LogP contribution in [0.1, 0.15) is 13.3 Å². The SMILES string of the molecule is C=CC[C@@](C)(C#N)[S@](C)=O. The minimum Gasteiger partial charge on any atom is -0.258 e. The number of allylic oxidation sites excluding steroid dienone is 1. The molecule has 0 aromatic rings. The molecule has 0 rings (SSSR count). The van der Waals surface area contributed by atoms with Crippen LogP contribution in [-0.2, 0) is 10.8 Å². The van der Waals surface area contributed by atoms with Gasteiger partial charge in [0.05, 0.1) is 6.07 Å². The van der Waals surface area contributed by atoms with Gasteiger partial charge in [-0.05, 0) is 13.3 Å². The van der Waals surface area contributed by atoms with E-state index in [0.717, 1.165) is 0 Å². The Hall–Kier alpha value is -0.620. The molecule has 0 unspecified atom stereocenters. The normalized spacial score (nSPS) is 18.5. The summed E-state index contributed by atoms with van der Waals surface area (Å²) in [5.74, 6) is 0. The van der Waals surface area contributed by atoms with Crippen LogP contribution in [0.15, 0.2) is 12.7 Å². The van der Waals surface area contributed by atoms with E-state index in [-0.39, 0.29) is 0 Å². The second kappa shape index (κ2) is 3.52. The minimum atomic E-state index is -1.10. The summed E-state index contributed by atoms with van der Waals surface area (Å²) in [6.07, 6.45) is 3.63. The number of nitriles is 1. The Morgan fingerprint density at radius 3 is 2.50 bits per heavy atom. The maximum atomic E-state index is 10.9. The van der Waals surface area contributed by atoms with Gasteiger partial charge in [-0.1, -0.05) is 6.08 Å². The highest BCUT2D eigenvalue weighted by Gasteiger charge is 2.26. The van der Waals surface area contributed by atoms with Crippen LogP contribution < -0.4 is 0 Å². The van der Waals surface area contributed by atoms with E-state index in [9.17, 15) is 4.21 Å². The molecule has 0 saturated heterocycles. The van der Waals surface area contributed by atoms with Gasteiger partial charge in [0.2, 0.25) is 0 Å². The largest absolute Gasteiger partial charge is 0.258 e. The third kappa shape index (κ3) is 1.96. The van der Waals surface area contributed by atoms with Crippen LogP contribution >= 0.6 is 0 Å². The summed E-state index contributed by atoms with van der Waals surface area (Å²) < 4.78 is 10.2. The molecule has 3 heteroatoms. The molecule has 2 nitrogen and oxygen atoms in total. The Morgan fingerprint density at radius 2 is 2.40 bits per heavy atom. The van der Waals surface area contributed by atoms with Crippen molar-refractivity contribution in [3.8, 4) is 6.07 Å². The molecule has 0 N–H and O–H groups in total. The summed E-state index contributed by atoms with van der Waals surface area (Å²) in [7, 11) is -1.10. The summed E-state index contributed by atoms with van der Waals surface area (Å²) in [6, 6.07) is 2.01. The highest BCUT2D eigenvalue weighted by atomic mass is 32.2. The average Bonchev–Trinajstić information content (AvgIpc) is 1.88. The third-order valence-corrected chi connectivity index (χ3v) is 2.93. The van der Waals surface area contributed by atoms with Gasteiger partial charge in [-0.15, -0.1) is 6.58 Å². The molecule has 0 saturated carbocycles. The Kier molecular flexibility index (Phi) is 3.31. The van der Waals surface area contributed by atoms with Crippen LogP contribution in [0.25, 0.3) is 0 Å². The van der Waals surface area contributed by atoms with Crippen LogP contribution in [0, 0.1) is 11.3 Å². The van der Waals surface area contributed by atoms with E-state index >= 15 is 0 Å². The fourth-order valence-corrected chi connectivity index (χ4v) is 0.984. The molecule has 0 radical (unpaired) electrons.